The Bertz CT molecular complexity index is 636. The molecule has 0 radical (unpaired) electrons. The monoisotopic (exact) mass is 272 g/mol. The average Bonchev–Trinajstić information content (AvgIpc) is 3.00. The number of nitrogens with zero attached hydrogens (tertiary/aromatic N) is 1. The summed E-state index contributed by atoms with van der Waals surface area (Å²) in [6.45, 7) is 2.75. The molecule has 1 aromatic carbocycles. The Hall–Kier alpha value is -2.30. The standard InChI is InChI=1S/C15H16N2O3/c1-10-7-14(10)15-6-5-13(20-15)9-16-11-3-2-4-12(8-11)17(18)19/h2-6,8,10,14,16H,7,9H2,1H3. The zero-order valence-corrected chi connectivity index (χ0v) is 11.2. The molecule has 0 amide bonds. The van der Waals surface area contributed by atoms with Crippen LogP contribution < -0.4 is 5.32 Å². The molecule has 0 aliphatic heterocycles. The largest absolute Gasteiger partial charge is 0.464 e. The lowest BCUT2D eigenvalue weighted by atomic mass is 10.2. The second kappa shape index (κ2) is 5.00. The van der Waals surface area contributed by atoms with E-state index in [-0.39, 0.29) is 5.69 Å². The van der Waals surface area contributed by atoms with Crippen molar-refractivity contribution in [3.8, 4) is 0 Å². The summed E-state index contributed by atoms with van der Waals surface area (Å²) in [5.41, 5.74) is 0.805. The number of furan rings is 1. The minimum Gasteiger partial charge on any atom is -0.464 e. The quantitative estimate of drug-likeness (QED) is 0.661. The van der Waals surface area contributed by atoms with Crippen LogP contribution in [0.25, 0.3) is 0 Å². The molecule has 1 saturated carbocycles. The van der Waals surface area contributed by atoms with Gasteiger partial charge < -0.3 is 9.73 Å². The smallest absolute Gasteiger partial charge is 0.271 e. The van der Waals surface area contributed by atoms with Gasteiger partial charge in [0.15, 0.2) is 0 Å². The van der Waals surface area contributed by atoms with Crippen LogP contribution in [0.1, 0.15) is 30.8 Å². The van der Waals surface area contributed by atoms with E-state index < -0.39 is 4.92 Å². The molecule has 5 heteroatoms. The van der Waals surface area contributed by atoms with Crippen molar-refractivity contribution in [1.29, 1.82) is 0 Å². The number of nitro benzene ring substituents is 1. The molecule has 1 heterocycles. The van der Waals surface area contributed by atoms with E-state index in [4.69, 9.17) is 4.42 Å². The zero-order chi connectivity index (χ0) is 14.1. The summed E-state index contributed by atoms with van der Waals surface area (Å²) in [5, 5.41) is 13.8. The van der Waals surface area contributed by atoms with Gasteiger partial charge in [-0.2, -0.15) is 0 Å². The molecule has 2 unspecified atom stereocenters. The van der Waals surface area contributed by atoms with Crippen molar-refractivity contribution in [3.05, 3.63) is 58.0 Å². The first-order valence-corrected chi connectivity index (χ1v) is 6.70. The molecule has 1 aromatic heterocycles. The first-order chi connectivity index (χ1) is 9.63. The number of rotatable bonds is 5. The van der Waals surface area contributed by atoms with Crippen molar-refractivity contribution >= 4 is 11.4 Å². The maximum atomic E-state index is 10.7. The molecule has 1 N–H and O–H groups in total. The van der Waals surface area contributed by atoms with Crippen molar-refractivity contribution in [3.63, 3.8) is 0 Å². The molecule has 20 heavy (non-hydrogen) atoms. The SMILES string of the molecule is CC1CC1c1ccc(CNc2cccc([N+](=O)[O-])c2)o1. The van der Waals surface area contributed by atoms with Crippen molar-refractivity contribution < 1.29 is 9.34 Å². The Morgan fingerprint density at radius 2 is 2.20 bits per heavy atom. The van der Waals surface area contributed by atoms with Crippen molar-refractivity contribution in [2.75, 3.05) is 5.32 Å². The summed E-state index contributed by atoms with van der Waals surface area (Å²) in [7, 11) is 0. The molecule has 3 rings (SSSR count). The average molecular weight is 272 g/mol. The number of hydrogen-bond acceptors (Lipinski definition) is 4. The van der Waals surface area contributed by atoms with Crippen LogP contribution in [-0.4, -0.2) is 4.92 Å². The fraction of sp³-hybridized carbons (Fsp3) is 0.333. The van der Waals surface area contributed by atoms with Gasteiger partial charge in [-0.15, -0.1) is 0 Å². The van der Waals surface area contributed by atoms with Gasteiger partial charge in [-0.1, -0.05) is 13.0 Å². The first-order valence-electron chi connectivity index (χ1n) is 6.70. The molecule has 1 aliphatic carbocycles. The van der Waals surface area contributed by atoms with E-state index in [2.05, 4.69) is 12.2 Å². The Balaban J connectivity index is 1.63. The van der Waals surface area contributed by atoms with E-state index in [1.807, 2.05) is 12.1 Å². The lowest BCUT2D eigenvalue weighted by molar-refractivity contribution is -0.384. The van der Waals surface area contributed by atoms with E-state index >= 15 is 0 Å². The summed E-state index contributed by atoms with van der Waals surface area (Å²) in [4.78, 5) is 10.3. The van der Waals surface area contributed by atoms with Gasteiger partial charge in [0.2, 0.25) is 0 Å². The van der Waals surface area contributed by atoms with Crippen molar-refractivity contribution in [1.82, 2.24) is 0 Å². The highest BCUT2D eigenvalue weighted by Gasteiger charge is 2.36. The molecule has 104 valence electrons. The highest BCUT2D eigenvalue weighted by atomic mass is 16.6. The number of anilines is 1. The molecule has 0 saturated heterocycles. The highest BCUT2D eigenvalue weighted by molar-refractivity contribution is 5.50. The van der Waals surface area contributed by atoms with Gasteiger partial charge >= 0.3 is 0 Å². The van der Waals surface area contributed by atoms with Crippen molar-refractivity contribution in [2.24, 2.45) is 5.92 Å². The maximum Gasteiger partial charge on any atom is 0.271 e. The lowest BCUT2D eigenvalue weighted by Crippen LogP contribution is -1.98. The maximum absolute atomic E-state index is 10.7. The van der Waals surface area contributed by atoms with Crippen LogP contribution >= 0.6 is 0 Å². The van der Waals surface area contributed by atoms with Gasteiger partial charge in [-0.3, -0.25) is 10.1 Å². The van der Waals surface area contributed by atoms with Crippen LogP contribution in [0.4, 0.5) is 11.4 Å². The Kier molecular flexibility index (Phi) is 3.18. The van der Waals surface area contributed by atoms with Crippen LogP contribution in [0, 0.1) is 16.0 Å². The van der Waals surface area contributed by atoms with Crippen LogP contribution in [0.2, 0.25) is 0 Å². The van der Waals surface area contributed by atoms with Gasteiger partial charge in [0.1, 0.15) is 11.5 Å². The molecule has 0 spiro atoms. The van der Waals surface area contributed by atoms with E-state index in [1.54, 1.807) is 12.1 Å². The first kappa shape index (κ1) is 12.7. The number of nitro groups is 1. The van der Waals surface area contributed by atoms with Crippen molar-refractivity contribution in [2.45, 2.75) is 25.8 Å². The zero-order valence-electron chi connectivity index (χ0n) is 11.2. The van der Waals surface area contributed by atoms with E-state index in [1.165, 1.54) is 18.6 Å². The van der Waals surface area contributed by atoms with Gasteiger partial charge in [0.05, 0.1) is 11.5 Å². The second-order valence-corrected chi connectivity index (χ2v) is 5.28. The molecule has 0 bridgehead atoms. The summed E-state index contributed by atoms with van der Waals surface area (Å²) in [5.74, 6) is 3.19. The summed E-state index contributed by atoms with van der Waals surface area (Å²) in [6.07, 6.45) is 1.20. The fourth-order valence-electron chi connectivity index (χ4n) is 2.33. The van der Waals surface area contributed by atoms with Crippen LogP contribution in [0.15, 0.2) is 40.8 Å². The Morgan fingerprint density at radius 3 is 2.90 bits per heavy atom. The third-order valence-corrected chi connectivity index (χ3v) is 3.68. The Labute approximate surface area is 116 Å². The predicted molar refractivity (Wildman–Crippen MR) is 75.7 cm³/mol. The van der Waals surface area contributed by atoms with E-state index in [0.29, 0.717) is 12.5 Å². The summed E-state index contributed by atoms with van der Waals surface area (Å²) in [6, 6.07) is 10.5. The third-order valence-electron chi connectivity index (χ3n) is 3.68. The van der Waals surface area contributed by atoms with Gasteiger partial charge in [0.25, 0.3) is 5.69 Å². The Morgan fingerprint density at radius 1 is 1.40 bits per heavy atom. The summed E-state index contributed by atoms with van der Waals surface area (Å²) >= 11 is 0. The molecular weight excluding hydrogens is 256 g/mol. The van der Waals surface area contributed by atoms with Crippen LogP contribution in [0.5, 0.6) is 0 Å². The molecule has 2 atom stereocenters. The number of benzene rings is 1. The molecule has 1 fully saturated rings. The number of non-ortho nitro benzene ring substituents is 1. The van der Waals surface area contributed by atoms with Gasteiger partial charge in [-0.05, 0) is 30.5 Å². The van der Waals surface area contributed by atoms with Gasteiger partial charge in [-0.25, -0.2) is 0 Å². The summed E-state index contributed by atoms with van der Waals surface area (Å²) < 4.78 is 5.78. The van der Waals surface area contributed by atoms with Gasteiger partial charge in [0, 0.05) is 23.7 Å². The molecule has 5 nitrogen and oxygen atoms in total. The van der Waals surface area contributed by atoms with Crippen LogP contribution in [0.3, 0.4) is 0 Å². The third kappa shape index (κ3) is 2.66. The normalized spacial score (nSPS) is 20.6. The molecule has 2 aromatic rings. The fourth-order valence-corrected chi connectivity index (χ4v) is 2.33. The van der Waals surface area contributed by atoms with Crippen LogP contribution in [-0.2, 0) is 6.54 Å². The highest BCUT2D eigenvalue weighted by Crippen LogP contribution is 2.47. The molecular formula is C15H16N2O3. The molecule has 1 aliphatic rings. The predicted octanol–water partition coefficient (Wildman–Crippen LogP) is 3.92. The topological polar surface area (TPSA) is 68.3 Å². The number of hydrogen-bond donors (Lipinski definition) is 1. The van der Waals surface area contributed by atoms with E-state index in [9.17, 15) is 10.1 Å². The lowest BCUT2D eigenvalue weighted by Gasteiger charge is -2.04. The van der Waals surface area contributed by atoms with E-state index in [0.717, 1.165) is 23.1 Å². The second-order valence-electron chi connectivity index (χ2n) is 5.28. The number of nitrogens with one attached hydrogen (secondary N) is 1. The minimum atomic E-state index is -0.398. The minimum absolute atomic E-state index is 0.0851.